The number of carbonyl (C=O) groups excluding carboxylic acids is 1. The fraction of sp³-hybridized carbons (Fsp3) is 0.571. The van der Waals surface area contributed by atoms with Crippen LogP contribution in [-0.4, -0.2) is 53.7 Å². The smallest absolute Gasteiger partial charge is 0.425 e. The highest BCUT2D eigenvalue weighted by Crippen LogP contribution is 2.49. The highest BCUT2D eigenvalue weighted by molar-refractivity contribution is 5.94. The highest BCUT2D eigenvalue weighted by atomic mass is 19.4. The summed E-state index contributed by atoms with van der Waals surface area (Å²) in [6.07, 6.45) is -3.25. The molecule has 2 fully saturated rings. The number of hydrogen-bond donors (Lipinski definition) is 0. The molecule has 0 saturated carbocycles. The molecule has 0 N–H and O–H groups in total. The minimum Gasteiger partial charge on any atom is -0.425 e. The van der Waals surface area contributed by atoms with Crippen molar-refractivity contribution in [2.75, 3.05) is 26.3 Å². The Balaban J connectivity index is 1.55. The number of nitrogens with zero attached hydrogens (tertiary/aromatic N) is 3. The number of carbonyl (C=O) groups is 1. The van der Waals surface area contributed by atoms with Crippen LogP contribution in [0.15, 0.2) is 28.7 Å². The third-order valence-corrected chi connectivity index (χ3v) is 6.01. The maximum atomic E-state index is 13.1. The zero-order valence-corrected chi connectivity index (χ0v) is 17.3. The Bertz CT molecular complexity index is 921. The van der Waals surface area contributed by atoms with Gasteiger partial charge in [-0.05, 0) is 37.1 Å². The third kappa shape index (κ3) is 4.53. The molecule has 1 amide bonds. The molecule has 4 rings (SSSR count). The molecule has 2 saturated heterocycles. The van der Waals surface area contributed by atoms with Crippen molar-refractivity contribution < 1.29 is 31.9 Å². The molecule has 0 aliphatic carbocycles. The van der Waals surface area contributed by atoms with Crippen molar-refractivity contribution in [3.8, 4) is 5.75 Å². The number of likely N-dealkylation sites (tertiary alicyclic amines) is 1. The number of rotatable bonds is 4. The van der Waals surface area contributed by atoms with E-state index in [0.717, 1.165) is 25.0 Å². The van der Waals surface area contributed by atoms with Gasteiger partial charge in [0, 0.05) is 43.2 Å². The summed E-state index contributed by atoms with van der Waals surface area (Å²) in [5.41, 5.74) is 0.0689. The van der Waals surface area contributed by atoms with E-state index in [1.807, 2.05) is 13.8 Å². The van der Waals surface area contributed by atoms with Crippen LogP contribution in [0.25, 0.3) is 0 Å². The van der Waals surface area contributed by atoms with Gasteiger partial charge in [-0.25, -0.2) is 0 Å². The van der Waals surface area contributed by atoms with E-state index in [0.29, 0.717) is 43.6 Å². The summed E-state index contributed by atoms with van der Waals surface area (Å²) in [6.45, 7) is 6.02. The molecule has 2 aromatic rings. The largest absolute Gasteiger partial charge is 0.573 e. The van der Waals surface area contributed by atoms with Gasteiger partial charge in [0.25, 0.3) is 5.91 Å². The molecule has 1 aromatic carbocycles. The van der Waals surface area contributed by atoms with E-state index < -0.39 is 6.36 Å². The van der Waals surface area contributed by atoms with Crippen LogP contribution >= 0.6 is 0 Å². The van der Waals surface area contributed by atoms with E-state index in [1.54, 1.807) is 4.90 Å². The summed E-state index contributed by atoms with van der Waals surface area (Å²) in [5, 5.41) is 8.41. The fourth-order valence-electron chi connectivity index (χ4n) is 4.35. The summed E-state index contributed by atoms with van der Waals surface area (Å²) in [7, 11) is 0. The standard InChI is InChI=1S/C21H24F3N3O4/c1-13(2)17-25-26-18(30-17)16-11-27(12-20(16)7-9-29-10-8-20)19(28)14-3-5-15(6-4-14)31-21(22,23)24/h3-6,13,16H,7-12H2,1-2H3. The molecular formula is C21H24F3N3O4. The SMILES string of the molecule is CC(C)c1nnc(C2CN(C(=O)c3ccc(OC(F)(F)F)cc3)CC23CCOCC3)o1. The molecule has 2 aliphatic heterocycles. The monoisotopic (exact) mass is 439 g/mol. The summed E-state index contributed by atoms with van der Waals surface area (Å²) in [6, 6.07) is 4.98. The summed E-state index contributed by atoms with van der Waals surface area (Å²) in [4.78, 5) is 14.8. The molecule has 10 heteroatoms. The van der Waals surface area contributed by atoms with E-state index >= 15 is 0 Å². The minimum atomic E-state index is -4.78. The van der Waals surface area contributed by atoms with Gasteiger partial charge < -0.3 is 18.8 Å². The molecule has 168 valence electrons. The van der Waals surface area contributed by atoms with E-state index in [9.17, 15) is 18.0 Å². The zero-order valence-electron chi connectivity index (χ0n) is 17.3. The Labute approximate surface area is 177 Å². The molecule has 2 aliphatic rings. The fourth-order valence-corrected chi connectivity index (χ4v) is 4.35. The molecule has 0 bridgehead atoms. The maximum absolute atomic E-state index is 13.1. The molecule has 1 aromatic heterocycles. The van der Waals surface area contributed by atoms with Crippen molar-refractivity contribution in [3.05, 3.63) is 41.6 Å². The molecule has 1 unspecified atom stereocenters. The lowest BCUT2D eigenvalue weighted by Crippen LogP contribution is -2.37. The lowest BCUT2D eigenvalue weighted by molar-refractivity contribution is -0.274. The highest BCUT2D eigenvalue weighted by Gasteiger charge is 2.51. The second-order valence-electron chi connectivity index (χ2n) is 8.42. The molecule has 1 atom stereocenters. The topological polar surface area (TPSA) is 77.7 Å². The first-order valence-corrected chi connectivity index (χ1v) is 10.2. The average Bonchev–Trinajstić information content (AvgIpc) is 3.33. The zero-order chi connectivity index (χ0) is 22.2. The minimum absolute atomic E-state index is 0.100. The number of alkyl halides is 3. The second kappa shape index (κ2) is 8.14. The number of ether oxygens (including phenoxy) is 2. The Morgan fingerprint density at radius 3 is 2.45 bits per heavy atom. The Hall–Kier alpha value is -2.62. The Kier molecular flexibility index (Phi) is 5.67. The number of halogens is 3. The number of hydrogen-bond acceptors (Lipinski definition) is 6. The summed E-state index contributed by atoms with van der Waals surface area (Å²) >= 11 is 0. The van der Waals surface area contributed by atoms with Gasteiger partial charge in [-0.15, -0.1) is 23.4 Å². The normalized spacial score (nSPS) is 21.1. The summed E-state index contributed by atoms with van der Waals surface area (Å²) in [5.74, 6) is 0.445. The van der Waals surface area contributed by atoms with Crippen LogP contribution in [0.4, 0.5) is 13.2 Å². The van der Waals surface area contributed by atoms with Gasteiger partial charge in [-0.3, -0.25) is 4.79 Å². The van der Waals surface area contributed by atoms with E-state index in [4.69, 9.17) is 9.15 Å². The third-order valence-electron chi connectivity index (χ3n) is 6.01. The van der Waals surface area contributed by atoms with E-state index in [1.165, 1.54) is 12.1 Å². The quantitative estimate of drug-likeness (QED) is 0.713. The van der Waals surface area contributed by atoms with Crippen molar-refractivity contribution in [2.24, 2.45) is 5.41 Å². The first-order valence-electron chi connectivity index (χ1n) is 10.2. The number of amides is 1. The molecule has 1 spiro atoms. The van der Waals surface area contributed by atoms with Gasteiger partial charge >= 0.3 is 6.36 Å². The van der Waals surface area contributed by atoms with Gasteiger partial charge in [-0.2, -0.15) is 0 Å². The van der Waals surface area contributed by atoms with Crippen LogP contribution < -0.4 is 4.74 Å². The van der Waals surface area contributed by atoms with E-state index in [-0.39, 0.29) is 28.9 Å². The van der Waals surface area contributed by atoms with Gasteiger partial charge in [-0.1, -0.05) is 13.8 Å². The Morgan fingerprint density at radius 1 is 1.19 bits per heavy atom. The van der Waals surface area contributed by atoms with Crippen LogP contribution in [0.2, 0.25) is 0 Å². The molecule has 7 nitrogen and oxygen atoms in total. The van der Waals surface area contributed by atoms with Crippen molar-refractivity contribution in [1.82, 2.24) is 15.1 Å². The van der Waals surface area contributed by atoms with Gasteiger partial charge in [0.1, 0.15) is 5.75 Å². The number of benzene rings is 1. The Morgan fingerprint density at radius 2 is 1.87 bits per heavy atom. The second-order valence-corrected chi connectivity index (χ2v) is 8.42. The number of aromatic nitrogens is 2. The van der Waals surface area contributed by atoms with Crippen LogP contribution in [-0.2, 0) is 4.74 Å². The average molecular weight is 439 g/mol. The predicted molar refractivity (Wildman–Crippen MR) is 103 cm³/mol. The molecule has 31 heavy (non-hydrogen) atoms. The van der Waals surface area contributed by atoms with Crippen LogP contribution in [0, 0.1) is 5.41 Å². The van der Waals surface area contributed by atoms with E-state index in [2.05, 4.69) is 14.9 Å². The van der Waals surface area contributed by atoms with Crippen molar-refractivity contribution >= 4 is 5.91 Å². The molecule has 0 radical (unpaired) electrons. The van der Waals surface area contributed by atoms with Crippen LogP contribution in [0.5, 0.6) is 5.75 Å². The van der Waals surface area contributed by atoms with Crippen molar-refractivity contribution in [1.29, 1.82) is 0 Å². The van der Waals surface area contributed by atoms with Gasteiger partial charge in [0.2, 0.25) is 11.8 Å². The van der Waals surface area contributed by atoms with Crippen LogP contribution in [0.1, 0.15) is 60.7 Å². The van der Waals surface area contributed by atoms with Crippen molar-refractivity contribution in [2.45, 2.75) is 44.9 Å². The lowest BCUT2D eigenvalue weighted by Gasteiger charge is -2.36. The molecular weight excluding hydrogens is 415 g/mol. The first-order chi connectivity index (χ1) is 14.7. The predicted octanol–water partition coefficient (Wildman–Crippen LogP) is 4.13. The first kappa shape index (κ1) is 21.6. The van der Waals surface area contributed by atoms with Crippen molar-refractivity contribution in [3.63, 3.8) is 0 Å². The van der Waals surface area contributed by atoms with Gasteiger partial charge in [0.05, 0.1) is 5.92 Å². The lowest BCUT2D eigenvalue weighted by atomic mass is 9.72. The molecule has 3 heterocycles. The summed E-state index contributed by atoms with van der Waals surface area (Å²) < 4.78 is 52.5. The van der Waals surface area contributed by atoms with Crippen LogP contribution in [0.3, 0.4) is 0 Å². The van der Waals surface area contributed by atoms with Gasteiger partial charge in [0.15, 0.2) is 0 Å². The maximum Gasteiger partial charge on any atom is 0.573 e.